The number of benzene rings is 2. The van der Waals surface area contributed by atoms with Crippen molar-refractivity contribution in [3.05, 3.63) is 59.7 Å². The Kier molecular flexibility index (Phi) is 5.97. The largest absolute Gasteiger partial charge is 0.374 e. The average Bonchev–Trinajstić information content (AvgIpc) is 2.62. The Morgan fingerprint density at radius 2 is 1.62 bits per heavy atom. The van der Waals surface area contributed by atoms with E-state index in [-0.39, 0.29) is 11.9 Å². The molecule has 2 atom stereocenters. The first kappa shape index (κ1) is 17.6. The summed E-state index contributed by atoms with van der Waals surface area (Å²) in [6, 6.07) is 16.7. The number of nitrogens with zero attached hydrogens (tertiary/aromatic N) is 1. The maximum atomic E-state index is 12.3. The molecule has 0 bridgehead atoms. The van der Waals surface area contributed by atoms with Crippen LogP contribution in [0, 0.1) is 11.3 Å². The molecule has 0 unspecified atom stereocenters. The number of carbonyl (C=O) groups is 1. The minimum atomic E-state index is -0.366. The Labute approximate surface area is 143 Å². The van der Waals surface area contributed by atoms with Crippen molar-refractivity contribution < 1.29 is 4.79 Å². The first-order valence-corrected chi connectivity index (χ1v) is 8.21. The number of hydrogen-bond acceptors (Lipinski definition) is 3. The van der Waals surface area contributed by atoms with Crippen LogP contribution in [-0.2, 0) is 4.79 Å². The van der Waals surface area contributed by atoms with Crippen molar-refractivity contribution in [3.63, 3.8) is 0 Å². The van der Waals surface area contributed by atoms with Crippen molar-refractivity contribution in [2.24, 2.45) is 0 Å². The number of hydrogen-bond donors (Lipinski definition) is 2. The van der Waals surface area contributed by atoms with Gasteiger partial charge in [-0.1, -0.05) is 26.0 Å². The van der Waals surface area contributed by atoms with E-state index in [2.05, 4.69) is 42.7 Å². The van der Waals surface area contributed by atoms with Crippen molar-refractivity contribution >= 4 is 17.3 Å². The molecule has 1 amide bonds. The standard InChI is InChI=1S/C20H23N3O/c1-4-14(2)17-7-11-18(12-8-17)22-15(3)20(24)23-19-9-5-16(13-21)6-10-19/h5-12,14-15,22H,4H2,1-3H3,(H,23,24)/t14-,15+/m1/s1. The molecular weight excluding hydrogens is 298 g/mol. The van der Waals surface area contributed by atoms with Crippen LogP contribution in [0.4, 0.5) is 11.4 Å². The SMILES string of the molecule is CC[C@@H](C)c1ccc(N[C@@H](C)C(=O)Nc2ccc(C#N)cc2)cc1. The van der Waals surface area contributed by atoms with Crippen molar-refractivity contribution in [1.82, 2.24) is 0 Å². The first-order chi connectivity index (χ1) is 11.5. The Morgan fingerprint density at radius 1 is 1.04 bits per heavy atom. The van der Waals surface area contributed by atoms with Gasteiger partial charge in [-0.05, 0) is 61.2 Å². The summed E-state index contributed by atoms with van der Waals surface area (Å²) in [5.41, 5.74) is 3.47. The molecule has 0 saturated carbocycles. The zero-order valence-corrected chi connectivity index (χ0v) is 14.3. The summed E-state index contributed by atoms with van der Waals surface area (Å²) in [4.78, 5) is 12.3. The number of nitrogens with one attached hydrogen (secondary N) is 2. The molecule has 4 heteroatoms. The lowest BCUT2D eigenvalue weighted by Crippen LogP contribution is -2.31. The highest BCUT2D eigenvalue weighted by Crippen LogP contribution is 2.21. The van der Waals surface area contributed by atoms with Gasteiger partial charge >= 0.3 is 0 Å². The number of carbonyl (C=O) groups excluding carboxylic acids is 1. The molecule has 0 aliphatic heterocycles. The van der Waals surface area contributed by atoms with E-state index in [4.69, 9.17) is 5.26 Å². The van der Waals surface area contributed by atoms with Crippen molar-refractivity contribution in [1.29, 1.82) is 5.26 Å². The van der Waals surface area contributed by atoms with Crippen LogP contribution in [0.15, 0.2) is 48.5 Å². The molecule has 2 N–H and O–H groups in total. The molecule has 0 spiro atoms. The zero-order chi connectivity index (χ0) is 17.5. The predicted molar refractivity (Wildman–Crippen MR) is 98.0 cm³/mol. The highest BCUT2D eigenvalue weighted by molar-refractivity contribution is 5.96. The lowest BCUT2D eigenvalue weighted by molar-refractivity contribution is -0.116. The summed E-state index contributed by atoms with van der Waals surface area (Å²) >= 11 is 0. The molecule has 124 valence electrons. The molecule has 0 aromatic heterocycles. The van der Waals surface area contributed by atoms with Gasteiger partial charge in [-0.3, -0.25) is 4.79 Å². The molecule has 0 fully saturated rings. The third kappa shape index (κ3) is 4.60. The fourth-order valence-corrected chi connectivity index (χ4v) is 2.34. The van der Waals surface area contributed by atoms with Gasteiger partial charge in [0.1, 0.15) is 6.04 Å². The van der Waals surface area contributed by atoms with Gasteiger partial charge in [-0.15, -0.1) is 0 Å². The summed E-state index contributed by atoms with van der Waals surface area (Å²) in [6.45, 7) is 6.20. The molecule has 0 saturated heterocycles. The molecule has 2 aromatic rings. The Hall–Kier alpha value is -2.80. The molecule has 0 radical (unpaired) electrons. The van der Waals surface area contributed by atoms with Gasteiger partial charge in [-0.25, -0.2) is 0 Å². The Morgan fingerprint density at radius 3 is 2.17 bits per heavy atom. The zero-order valence-electron chi connectivity index (χ0n) is 14.3. The van der Waals surface area contributed by atoms with Crippen LogP contribution >= 0.6 is 0 Å². The van der Waals surface area contributed by atoms with E-state index in [1.165, 1.54) is 5.56 Å². The van der Waals surface area contributed by atoms with E-state index >= 15 is 0 Å². The highest BCUT2D eigenvalue weighted by atomic mass is 16.2. The molecule has 0 aliphatic rings. The van der Waals surface area contributed by atoms with Gasteiger partial charge in [0.25, 0.3) is 0 Å². The second-order valence-electron chi connectivity index (χ2n) is 5.98. The van der Waals surface area contributed by atoms with Crippen LogP contribution in [0.25, 0.3) is 0 Å². The molecule has 2 rings (SSSR count). The van der Waals surface area contributed by atoms with Gasteiger partial charge in [0.2, 0.25) is 5.91 Å². The molecule has 0 aliphatic carbocycles. The lowest BCUT2D eigenvalue weighted by atomic mass is 9.98. The Balaban J connectivity index is 1.94. The fraction of sp³-hybridized carbons (Fsp3) is 0.300. The van der Waals surface area contributed by atoms with E-state index in [0.29, 0.717) is 17.2 Å². The topological polar surface area (TPSA) is 64.9 Å². The monoisotopic (exact) mass is 321 g/mol. The second kappa shape index (κ2) is 8.16. The van der Waals surface area contributed by atoms with E-state index < -0.39 is 0 Å². The van der Waals surface area contributed by atoms with Crippen LogP contribution < -0.4 is 10.6 Å². The molecule has 0 heterocycles. The van der Waals surface area contributed by atoms with E-state index in [1.54, 1.807) is 24.3 Å². The lowest BCUT2D eigenvalue weighted by Gasteiger charge is -2.16. The van der Waals surface area contributed by atoms with Crippen molar-refractivity contribution in [3.8, 4) is 6.07 Å². The summed E-state index contributed by atoms with van der Waals surface area (Å²) < 4.78 is 0. The summed E-state index contributed by atoms with van der Waals surface area (Å²) in [5, 5.41) is 14.8. The highest BCUT2D eigenvalue weighted by Gasteiger charge is 2.13. The maximum absolute atomic E-state index is 12.3. The molecule has 24 heavy (non-hydrogen) atoms. The summed E-state index contributed by atoms with van der Waals surface area (Å²) in [7, 11) is 0. The van der Waals surface area contributed by atoms with Gasteiger partial charge in [0, 0.05) is 11.4 Å². The van der Waals surface area contributed by atoms with E-state index in [0.717, 1.165) is 12.1 Å². The third-order valence-electron chi connectivity index (χ3n) is 4.15. The number of nitriles is 1. The predicted octanol–water partition coefficient (Wildman–Crippen LogP) is 4.51. The first-order valence-electron chi connectivity index (χ1n) is 8.21. The second-order valence-corrected chi connectivity index (χ2v) is 5.98. The van der Waals surface area contributed by atoms with Gasteiger partial charge in [0.15, 0.2) is 0 Å². The van der Waals surface area contributed by atoms with E-state index in [9.17, 15) is 4.79 Å². The van der Waals surface area contributed by atoms with Gasteiger partial charge in [0.05, 0.1) is 11.6 Å². The van der Waals surface area contributed by atoms with Crippen LogP contribution in [0.3, 0.4) is 0 Å². The van der Waals surface area contributed by atoms with Crippen LogP contribution in [0.2, 0.25) is 0 Å². The molecule has 4 nitrogen and oxygen atoms in total. The van der Waals surface area contributed by atoms with Gasteiger partial charge < -0.3 is 10.6 Å². The minimum absolute atomic E-state index is 0.120. The van der Waals surface area contributed by atoms with Crippen molar-refractivity contribution in [2.75, 3.05) is 10.6 Å². The van der Waals surface area contributed by atoms with Crippen LogP contribution in [0.5, 0.6) is 0 Å². The average molecular weight is 321 g/mol. The minimum Gasteiger partial charge on any atom is -0.374 e. The fourth-order valence-electron chi connectivity index (χ4n) is 2.34. The normalized spacial score (nSPS) is 12.8. The molecular formula is C20H23N3O. The summed E-state index contributed by atoms with van der Waals surface area (Å²) in [5.74, 6) is 0.418. The van der Waals surface area contributed by atoms with E-state index in [1.807, 2.05) is 19.1 Å². The Bertz CT molecular complexity index is 714. The molecule has 2 aromatic carbocycles. The smallest absolute Gasteiger partial charge is 0.246 e. The quantitative estimate of drug-likeness (QED) is 0.822. The van der Waals surface area contributed by atoms with Crippen molar-refractivity contribution in [2.45, 2.75) is 39.2 Å². The van der Waals surface area contributed by atoms with Crippen LogP contribution in [-0.4, -0.2) is 11.9 Å². The number of anilines is 2. The van der Waals surface area contributed by atoms with Crippen LogP contribution in [0.1, 0.15) is 44.2 Å². The summed E-state index contributed by atoms with van der Waals surface area (Å²) in [6.07, 6.45) is 1.11. The van der Waals surface area contributed by atoms with Gasteiger partial charge in [-0.2, -0.15) is 5.26 Å². The number of amides is 1. The third-order valence-corrected chi connectivity index (χ3v) is 4.15. The number of rotatable bonds is 6. The maximum Gasteiger partial charge on any atom is 0.246 e.